The molecular formula is C11H8F3NO2. The van der Waals surface area contributed by atoms with Crippen LogP contribution in [0, 0.1) is 17.1 Å². The highest BCUT2D eigenvalue weighted by atomic mass is 19.3. The second-order valence-electron chi connectivity index (χ2n) is 3.06. The molecule has 0 amide bonds. The van der Waals surface area contributed by atoms with Gasteiger partial charge in [-0.3, -0.25) is 0 Å². The van der Waals surface area contributed by atoms with Crippen molar-refractivity contribution in [1.29, 1.82) is 5.26 Å². The molecule has 0 N–H and O–H groups in total. The van der Waals surface area contributed by atoms with Gasteiger partial charge in [-0.1, -0.05) is 0 Å². The van der Waals surface area contributed by atoms with Crippen molar-refractivity contribution < 1.29 is 22.7 Å². The van der Waals surface area contributed by atoms with Crippen LogP contribution >= 0.6 is 0 Å². The predicted molar refractivity (Wildman–Crippen MR) is 52.0 cm³/mol. The van der Waals surface area contributed by atoms with E-state index in [2.05, 4.69) is 4.74 Å². The Morgan fingerprint density at radius 2 is 2.18 bits per heavy atom. The number of nitriles is 1. The normalized spacial score (nSPS) is 10.1. The van der Waals surface area contributed by atoms with E-state index in [0.717, 1.165) is 0 Å². The molecule has 0 aliphatic heterocycles. The van der Waals surface area contributed by atoms with Crippen LogP contribution in [0.5, 0.6) is 0 Å². The maximum absolute atomic E-state index is 13.5. The van der Waals surface area contributed by atoms with E-state index in [1.807, 2.05) is 0 Å². The Labute approximate surface area is 95.4 Å². The molecule has 90 valence electrons. The molecular weight excluding hydrogens is 235 g/mol. The van der Waals surface area contributed by atoms with E-state index in [9.17, 15) is 18.0 Å². The molecule has 0 saturated heterocycles. The lowest BCUT2D eigenvalue weighted by Gasteiger charge is -2.07. The number of rotatable bonds is 3. The minimum absolute atomic E-state index is 0.0148. The fraction of sp³-hybridized carbons (Fsp3) is 0.273. The molecule has 1 aromatic carbocycles. The molecule has 17 heavy (non-hydrogen) atoms. The summed E-state index contributed by atoms with van der Waals surface area (Å²) in [5.74, 6) is -2.21. The van der Waals surface area contributed by atoms with E-state index in [1.54, 1.807) is 0 Å². The molecule has 6 heteroatoms. The van der Waals surface area contributed by atoms with Crippen LogP contribution in [0.3, 0.4) is 0 Å². The molecule has 0 radical (unpaired) electrons. The van der Waals surface area contributed by atoms with Gasteiger partial charge in [-0.2, -0.15) is 5.26 Å². The Morgan fingerprint density at radius 3 is 2.65 bits per heavy atom. The van der Waals surface area contributed by atoms with Gasteiger partial charge in [-0.25, -0.2) is 18.0 Å². The number of halogens is 3. The van der Waals surface area contributed by atoms with Crippen LogP contribution in [-0.4, -0.2) is 12.6 Å². The zero-order valence-electron chi connectivity index (χ0n) is 8.84. The number of ether oxygens (including phenoxy) is 1. The fourth-order valence-electron chi connectivity index (χ4n) is 1.21. The third-order valence-corrected chi connectivity index (χ3v) is 1.96. The molecule has 1 rings (SSSR count). The van der Waals surface area contributed by atoms with Gasteiger partial charge >= 0.3 is 5.97 Å². The van der Waals surface area contributed by atoms with Crippen LogP contribution in [0.25, 0.3) is 0 Å². The second kappa shape index (κ2) is 5.34. The first-order valence-electron chi connectivity index (χ1n) is 4.70. The third-order valence-electron chi connectivity index (χ3n) is 1.96. The number of carbonyl (C=O) groups is 1. The first-order chi connectivity index (χ1) is 8.01. The van der Waals surface area contributed by atoms with Crippen LogP contribution in [-0.2, 0) is 4.74 Å². The van der Waals surface area contributed by atoms with Crippen molar-refractivity contribution in [3.05, 3.63) is 34.6 Å². The fourth-order valence-corrected chi connectivity index (χ4v) is 1.21. The molecule has 0 aliphatic carbocycles. The maximum atomic E-state index is 13.5. The molecule has 3 nitrogen and oxygen atoms in total. The summed E-state index contributed by atoms with van der Waals surface area (Å²) in [6.45, 7) is 1.48. The van der Waals surface area contributed by atoms with Gasteiger partial charge in [0.2, 0.25) is 0 Å². The highest BCUT2D eigenvalue weighted by molar-refractivity contribution is 5.90. The van der Waals surface area contributed by atoms with Crippen molar-refractivity contribution in [1.82, 2.24) is 0 Å². The van der Waals surface area contributed by atoms with E-state index < -0.39 is 34.9 Å². The Bertz CT molecular complexity index is 480. The molecule has 0 atom stereocenters. The summed E-state index contributed by atoms with van der Waals surface area (Å²) in [5.41, 5.74) is -1.85. The summed E-state index contributed by atoms with van der Waals surface area (Å²) in [4.78, 5) is 11.3. The van der Waals surface area contributed by atoms with Gasteiger partial charge in [-0.05, 0) is 19.1 Å². The maximum Gasteiger partial charge on any atom is 0.341 e. The van der Waals surface area contributed by atoms with Gasteiger partial charge in [0.05, 0.1) is 17.7 Å². The lowest BCUT2D eigenvalue weighted by atomic mass is 10.1. The van der Waals surface area contributed by atoms with Crippen molar-refractivity contribution in [2.75, 3.05) is 6.61 Å². The Balaban J connectivity index is 3.33. The van der Waals surface area contributed by atoms with Gasteiger partial charge in [0.15, 0.2) is 5.82 Å². The summed E-state index contributed by atoms with van der Waals surface area (Å²) < 4.78 is 43.0. The number of carbonyl (C=O) groups excluding carboxylic acids is 1. The van der Waals surface area contributed by atoms with Crippen LogP contribution in [0.2, 0.25) is 0 Å². The number of esters is 1. The number of hydrogen-bond donors (Lipinski definition) is 0. The monoisotopic (exact) mass is 243 g/mol. The van der Waals surface area contributed by atoms with Gasteiger partial charge in [0.1, 0.15) is 6.07 Å². The lowest BCUT2D eigenvalue weighted by Crippen LogP contribution is -2.09. The van der Waals surface area contributed by atoms with Crippen molar-refractivity contribution in [3.8, 4) is 6.07 Å². The van der Waals surface area contributed by atoms with Crippen molar-refractivity contribution >= 4 is 5.97 Å². The molecule has 0 heterocycles. The predicted octanol–water partition coefficient (Wildman–Crippen LogP) is 2.81. The van der Waals surface area contributed by atoms with E-state index >= 15 is 0 Å². The second-order valence-corrected chi connectivity index (χ2v) is 3.06. The van der Waals surface area contributed by atoms with Gasteiger partial charge in [0, 0.05) is 5.56 Å². The molecule has 1 aromatic rings. The topological polar surface area (TPSA) is 50.1 Å². The highest BCUT2D eigenvalue weighted by Crippen LogP contribution is 2.24. The summed E-state index contributed by atoms with van der Waals surface area (Å²) in [5, 5.41) is 8.57. The number of nitrogens with zero attached hydrogens (tertiary/aromatic N) is 1. The quantitative estimate of drug-likeness (QED) is 0.767. The largest absolute Gasteiger partial charge is 0.462 e. The SMILES string of the molecule is CCOC(=O)c1cc(C(F)F)cc(C#N)c1F. The van der Waals surface area contributed by atoms with Gasteiger partial charge < -0.3 is 4.74 Å². The first-order valence-corrected chi connectivity index (χ1v) is 4.70. The standard InChI is InChI=1S/C11H8F3NO2/c1-2-17-11(16)8-4-6(10(13)14)3-7(5-15)9(8)12/h3-4,10H,2H2,1H3. The van der Waals surface area contributed by atoms with E-state index in [1.165, 1.54) is 13.0 Å². The minimum atomic E-state index is -2.89. The van der Waals surface area contributed by atoms with Gasteiger partial charge in [0.25, 0.3) is 6.43 Å². The summed E-state index contributed by atoms with van der Waals surface area (Å²) >= 11 is 0. The smallest absolute Gasteiger partial charge is 0.341 e. The Hall–Kier alpha value is -2.03. The molecule has 0 fully saturated rings. The molecule has 0 bridgehead atoms. The first kappa shape index (κ1) is 13.0. The average molecular weight is 243 g/mol. The molecule has 0 saturated carbocycles. The highest BCUT2D eigenvalue weighted by Gasteiger charge is 2.21. The summed E-state index contributed by atoms with van der Waals surface area (Å²) in [6, 6.07) is 2.82. The van der Waals surface area contributed by atoms with E-state index in [4.69, 9.17) is 5.26 Å². The number of benzene rings is 1. The van der Waals surface area contributed by atoms with Crippen LogP contribution in [0.15, 0.2) is 12.1 Å². The molecule has 0 spiro atoms. The van der Waals surface area contributed by atoms with E-state index in [-0.39, 0.29) is 6.61 Å². The number of hydrogen-bond acceptors (Lipinski definition) is 3. The zero-order valence-corrected chi connectivity index (χ0v) is 8.84. The zero-order chi connectivity index (χ0) is 13.0. The van der Waals surface area contributed by atoms with Crippen molar-refractivity contribution in [3.63, 3.8) is 0 Å². The van der Waals surface area contributed by atoms with E-state index in [0.29, 0.717) is 12.1 Å². The van der Waals surface area contributed by atoms with Gasteiger partial charge in [-0.15, -0.1) is 0 Å². The van der Waals surface area contributed by atoms with Crippen LogP contribution in [0.4, 0.5) is 13.2 Å². The van der Waals surface area contributed by atoms with Crippen molar-refractivity contribution in [2.45, 2.75) is 13.3 Å². The van der Waals surface area contributed by atoms with Crippen LogP contribution < -0.4 is 0 Å². The Kier molecular flexibility index (Phi) is 4.10. The Morgan fingerprint density at radius 1 is 1.53 bits per heavy atom. The van der Waals surface area contributed by atoms with Crippen LogP contribution in [0.1, 0.15) is 34.8 Å². The molecule has 0 unspecified atom stereocenters. The summed E-state index contributed by atoms with van der Waals surface area (Å²) in [7, 11) is 0. The average Bonchev–Trinajstić information content (AvgIpc) is 2.29. The molecule has 0 aromatic heterocycles. The molecule has 0 aliphatic rings. The third kappa shape index (κ3) is 2.75. The number of alkyl halides is 2. The lowest BCUT2D eigenvalue weighted by molar-refractivity contribution is 0.0520. The van der Waals surface area contributed by atoms with Crippen molar-refractivity contribution in [2.24, 2.45) is 0 Å². The minimum Gasteiger partial charge on any atom is -0.462 e. The summed E-state index contributed by atoms with van der Waals surface area (Å²) in [6.07, 6.45) is -2.89.